The molecule has 0 aliphatic rings. The van der Waals surface area contributed by atoms with E-state index in [2.05, 4.69) is 6.58 Å². The lowest BCUT2D eigenvalue weighted by Gasteiger charge is -2.11. The molecule has 28 heavy (non-hydrogen) atoms. The Bertz CT molecular complexity index is 811. The maximum Gasteiger partial charge on any atom is 0.416 e. The Labute approximate surface area is 165 Å². The molecule has 0 bridgehead atoms. The molecule has 0 heterocycles. The van der Waals surface area contributed by atoms with E-state index in [0.717, 1.165) is 33.9 Å². The molecule has 0 N–H and O–H groups in total. The monoisotopic (exact) mass is 412 g/mol. The van der Waals surface area contributed by atoms with E-state index in [1.807, 2.05) is 25.1 Å². The third-order valence-electron chi connectivity index (χ3n) is 3.43. The summed E-state index contributed by atoms with van der Waals surface area (Å²) in [5.41, 5.74) is 1.21. The Balaban J connectivity index is 0.00000122. The third-order valence-corrected chi connectivity index (χ3v) is 4.57. The van der Waals surface area contributed by atoms with Crippen molar-refractivity contribution in [2.24, 2.45) is 0 Å². The van der Waals surface area contributed by atoms with Crippen molar-refractivity contribution in [2.45, 2.75) is 18.0 Å². The first-order valence-corrected chi connectivity index (χ1v) is 8.93. The molecule has 0 saturated carbocycles. The van der Waals surface area contributed by atoms with Crippen LogP contribution in [0.15, 0.2) is 59.5 Å². The van der Waals surface area contributed by atoms with E-state index in [1.54, 1.807) is 18.9 Å². The molecule has 0 amide bonds. The Hall–Kier alpha value is -2.70. The quantitative estimate of drug-likeness (QED) is 0.464. The zero-order valence-corrected chi connectivity index (χ0v) is 16.2. The number of alkyl halides is 3. The standard InChI is InChI=1S/C19H19F3O2S.CO2/c1-13(12-25-17-8-9-18(23-3)14(2)10-17)11-24-16-6-4-15(5-7-16)19(20,21)22;2-1-3/h4-10H,1,11-12H2,2-3H3;. The molecule has 0 radical (unpaired) electrons. The predicted octanol–water partition coefficient (Wildman–Crippen LogP) is 5.17. The van der Waals surface area contributed by atoms with Gasteiger partial charge in [0.15, 0.2) is 0 Å². The van der Waals surface area contributed by atoms with Crippen LogP contribution < -0.4 is 9.47 Å². The largest absolute Gasteiger partial charge is 0.496 e. The van der Waals surface area contributed by atoms with Crippen molar-refractivity contribution in [2.75, 3.05) is 19.5 Å². The van der Waals surface area contributed by atoms with Gasteiger partial charge in [-0.05, 0) is 60.5 Å². The smallest absolute Gasteiger partial charge is 0.416 e. The van der Waals surface area contributed by atoms with Gasteiger partial charge in [-0.2, -0.15) is 22.8 Å². The molecular weight excluding hydrogens is 393 g/mol. The summed E-state index contributed by atoms with van der Waals surface area (Å²) in [6, 6.07) is 10.6. The number of ether oxygens (including phenoxy) is 2. The fourth-order valence-corrected chi connectivity index (χ4v) is 2.97. The second-order valence-corrected chi connectivity index (χ2v) is 6.61. The van der Waals surface area contributed by atoms with E-state index >= 15 is 0 Å². The van der Waals surface area contributed by atoms with Crippen LogP contribution in [0.3, 0.4) is 0 Å². The van der Waals surface area contributed by atoms with Gasteiger partial charge < -0.3 is 9.47 Å². The number of benzene rings is 2. The predicted molar refractivity (Wildman–Crippen MR) is 99.5 cm³/mol. The van der Waals surface area contributed by atoms with Crippen LogP contribution in [0.1, 0.15) is 11.1 Å². The van der Waals surface area contributed by atoms with Crippen LogP contribution in [-0.4, -0.2) is 25.6 Å². The zero-order valence-electron chi connectivity index (χ0n) is 15.3. The van der Waals surface area contributed by atoms with Crippen LogP contribution in [0, 0.1) is 6.92 Å². The minimum absolute atomic E-state index is 0.250. The molecule has 0 spiro atoms. The Morgan fingerprint density at radius 3 is 2.25 bits per heavy atom. The molecule has 0 saturated heterocycles. The van der Waals surface area contributed by atoms with Gasteiger partial charge in [-0.1, -0.05) is 6.58 Å². The van der Waals surface area contributed by atoms with Crippen LogP contribution in [0.4, 0.5) is 13.2 Å². The van der Waals surface area contributed by atoms with Gasteiger partial charge in [0, 0.05) is 10.6 Å². The van der Waals surface area contributed by atoms with Crippen LogP contribution in [0.2, 0.25) is 0 Å². The molecular formula is C20H19F3O4S. The molecule has 0 fully saturated rings. The van der Waals surface area contributed by atoms with Crippen LogP contribution in [-0.2, 0) is 15.8 Å². The summed E-state index contributed by atoms with van der Waals surface area (Å²) >= 11 is 1.62. The first-order chi connectivity index (χ1) is 13.2. The van der Waals surface area contributed by atoms with Gasteiger partial charge in [0.1, 0.15) is 18.1 Å². The van der Waals surface area contributed by atoms with Gasteiger partial charge >= 0.3 is 12.3 Å². The molecule has 0 atom stereocenters. The molecule has 150 valence electrons. The van der Waals surface area contributed by atoms with E-state index in [0.29, 0.717) is 11.5 Å². The highest BCUT2D eigenvalue weighted by Gasteiger charge is 2.29. The van der Waals surface area contributed by atoms with Crippen LogP contribution in [0.5, 0.6) is 11.5 Å². The van der Waals surface area contributed by atoms with Gasteiger partial charge in [0.25, 0.3) is 0 Å². The molecule has 0 unspecified atom stereocenters. The summed E-state index contributed by atoms with van der Waals surface area (Å²) in [5, 5.41) is 0. The van der Waals surface area contributed by atoms with Crippen molar-refractivity contribution in [3.63, 3.8) is 0 Å². The molecule has 2 rings (SSSR count). The second kappa shape index (κ2) is 11.2. The summed E-state index contributed by atoms with van der Waals surface area (Å²) in [4.78, 5) is 17.3. The summed E-state index contributed by atoms with van der Waals surface area (Å²) < 4.78 is 48.2. The average molecular weight is 412 g/mol. The topological polar surface area (TPSA) is 52.6 Å². The maximum absolute atomic E-state index is 12.5. The van der Waals surface area contributed by atoms with Crippen molar-refractivity contribution < 1.29 is 32.2 Å². The van der Waals surface area contributed by atoms with Gasteiger partial charge in [-0.25, -0.2) is 0 Å². The maximum atomic E-state index is 12.5. The van der Waals surface area contributed by atoms with E-state index < -0.39 is 11.7 Å². The average Bonchev–Trinajstić information content (AvgIpc) is 2.65. The van der Waals surface area contributed by atoms with Crippen molar-refractivity contribution in [3.05, 3.63) is 65.7 Å². The fraction of sp³-hybridized carbons (Fsp3) is 0.250. The first-order valence-electron chi connectivity index (χ1n) is 7.94. The van der Waals surface area contributed by atoms with Crippen molar-refractivity contribution in [3.8, 4) is 11.5 Å². The molecule has 2 aromatic rings. The van der Waals surface area contributed by atoms with E-state index in [9.17, 15) is 13.2 Å². The number of hydrogen-bond donors (Lipinski definition) is 0. The van der Waals surface area contributed by atoms with Crippen molar-refractivity contribution >= 4 is 17.9 Å². The van der Waals surface area contributed by atoms with Gasteiger partial charge in [-0.15, -0.1) is 11.8 Å². The van der Waals surface area contributed by atoms with E-state index in [4.69, 9.17) is 19.1 Å². The Kier molecular flexibility index (Phi) is 9.35. The van der Waals surface area contributed by atoms with E-state index in [-0.39, 0.29) is 12.8 Å². The number of aryl methyl sites for hydroxylation is 1. The molecule has 0 aromatic heterocycles. The fourth-order valence-electron chi connectivity index (χ4n) is 2.09. The van der Waals surface area contributed by atoms with Crippen molar-refractivity contribution in [1.82, 2.24) is 0 Å². The molecule has 0 aliphatic carbocycles. The summed E-state index contributed by atoms with van der Waals surface area (Å²) in [6.07, 6.45) is -4.09. The van der Waals surface area contributed by atoms with Crippen molar-refractivity contribution in [1.29, 1.82) is 0 Å². The lowest BCUT2D eigenvalue weighted by molar-refractivity contribution is -0.191. The number of thioether (sulfide) groups is 1. The molecule has 0 aliphatic heterocycles. The highest BCUT2D eigenvalue weighted by molar-refractivity contribution is 7.99. The number of methoxy groups -OCH3 is 1. The van der Waals surface area contributed by atoms with Gasteiger partial charge in [0.2, 0.25) is 0 Å². The summed E-state index contributed by atoms with van der Waals surface area (Å²) in [5.74, 6) is 1.89. The lowest BCUT2D eigenvalue weighted by atomic mass is 10.2. The summed E-state index contributed by atoms with van der Waals surface area (Å²) in [7, 11) is 1.63. The SMILES string of the molecule is C=C(COc1ccc(C(F)(F)F)cc1)CSc1ccc(OC)c(C)c1.O=C=O. The highest BCUT2D eigenvalue weighted by atomic mass is 32.2. The minimum Gasteiger partial charge on any atom is -0.496 e. The second-order valence-electron chi connectivity index (χ2n) is 5.56. The first kappa shape index (κ1) is 23.3. The highest BCUT2D eigenvalue weighted by Crippen LogP contribution is 2.30. The number of carbonyl (C=O) groups excluding carboxylic acids is 2. The lowest BCUT2D eigenvalue weighted by Crippen LogP contribution is -2.05. The Morgan fingerprint density at radius 2 is 1.75 bits per heavy atom. The number of rotatable bonds is 7. The minimum atomic E-state index is -4.34. The van der Waals surface area contributed by atoms with E-state index in [1.165, 1.54) is 12.1 Å². The normalized spacial score (nSPS) is 10.3. The molecule has 8 heteroatoms. The third kappa shape index (κ3) is 7.90. The van der Waals surface area contributed by atoms with Crippen LogP contribution in [0.25, 0.3) is 0 Å². The molecule has 4 nitrogen and oxygen atoms in total. The van der Waals surface area contributed by atoms with Crippen LogP contribution >= 0.6 is 11.8 Å². The van der Waals surface area contributed by atoms with Gasteiger partial charge in [0.05, 0.1) is 12.7 Å². The number of halogens is 3. The number of hydrogen-bond acceptors (Lipinski definition) is 5. The summed E-state index contributed by atoms with van der Waals surface area (Å²) in [6.45, 7) is 6.18. The zero-order chi connectivity index (χ0) is 21.2. The molecule has 2 aromatic carbocycles. The Morgan fingerprint density at radius 1 is 1.14 bits per heavy atom. The van der Waals surface area contributed by atoms with Gasteiger partial charge in [-0.3, -0.25) is 0 Å².